The number of carboxylic acids is 1. The normalized spacial score (nSPS) is 10.5. The smallest absolute Gasteiger partial charge is 0.355 e. The summed E-state index contributed by atoms with van der Waals surface area (Å²) < 4.78 is 13.2. The molecule has 0 aliphatic rings. The number of halogens is 1. The number of aromatic carboxylic acids is 1. The maximum Gasteiger partial charge on any atom is 0.355 e. The SMILES string of the molecule is Cc1ccc(F)cc1-c1nc(C(=O)O)c(C)s1. The fraction of sp³-hybridized carbons (Fsp3) is 0.167. The first kappa shape index (κ1) is 11.7. The lowest BCUT2D eigenvalue weighted by molar-refractivity contribution is 0.0690. The predicted molar refractivity (Wildman–Crippen MR) is 63.9 cm³/mol. The highest BCUT2D eigenvalue weighted by molar-refractivity contribution is 7.15. The molecule has 2 aromatic rings. The number of thiazole rings is 1. The molecular formula is C12H10FNO2S. The second-order valence-electron chi connectivity index (χ2n) is 3.69. The lowest BCUT2D eigenvalue weighted by Gasteiger charge is -2.01. The number of carbonyl (C=O) groups is 1. The van der Waals surface area contributed by atoms with E-state index in [2.05, 4.69) is 4.98 Å². The minimum absolute atomic E-state index is 0.0358. The van der Waals surface area contributed by atoms with Crippen LogP contribution in [0, 0.1) is 19.7 Å². The maximum atomic E-state index is 13.2. The van der Waals surface area contributed by atoms with Gasteiger partial charge in [0.15, 0.2) is 5.69 Å². The van der Waals surface area contributed by atoms with Gasteiger partial charge in [0, 0.05) is 10.4 Å². The Morgan fingerprint density at radius 2 is 2.12 bits per heavy atom. The van der Waals surface area contributed by atoms with Gasteiger partial charge in [-0.1, -0.05) is 6.07 Å². The summed E-state index contributed by atoms with van der Waals surface area (Å²) in [6.07, 6.45) is 0. The highest BCUT2D eigenvalue weighted by atomic mass is 32.1. The van der Waals surface area contributed by atoms with Gasteiger partial charge < -0.3 is 5.11 Å². The van der Waals surface area contributed by atoms with Gasteiger partial charge in [0.2, 0.25) is 0 Å². The second kappa shape index (κ2) is 4.25. The van der Waals surface area contributed by atoms with Crippen LogP contribution in [0.25, 0.3) is 10.6 Å². The Balaban J connectivity index is 2.57. The summed E-state index contributed by atoms with van der Waals surface area (Å²) in [6.45, 7) is 3.53. The Morgan fingerprint density at radius 3 is 2.71 bits per heavy atom. The van der Waals surface area contributed by atoms with Gasteiger partial charge in [-0.3, -0.25) is 0 Å². The number of aryl methyl sites for hydroxylation is 2. The molecule has 1 N–H and O–H groups in total. The third-order valence-electron chi connectivity index (χ3n) is 2.43. The van der Waals surface area contributed by atoms with Crippen molar-refractivity contribution in [3.8, 4) is 10.6 Å². The molecule has 17 heavy (non-hydrogen) atoms. The first-order valence-corrected chi connectivity index (χ1v) is 5.78. The van der Waals surface area contributed by atoms with Gasteiger partial charge >= 0.3 is 5.97 Å². The highest BCUT2D eigenvalue weighted by Crippen LogP contribution is 2.30. The molecule has 0 spiro atoms. The Labute approximate surface area is 102 Å². The van der Waals surface area contributed by atoms with Crippen LogP contribution in [-0.2, 0) is 0 Å². The van der Waals surface area contributed by atoms with Crippen molar-refractivity contribution in [2.24, 2.45) is 0 Å². The Bertz CT molecular complexity index is 592. The van der Waals surface area contributed by atoms with Crippen molar-refractivity contribution in [3.05, 3.63) is 40.2 Å². The monoisotopic (exact) mass is 251 g/mol. The predicted octanol–water partition coefficient (Wildman–Crippen LogP) is 3.26. The van der Waals surface area contributed by atoms with Crippen LogP contribution in [0.2, 0.25) is 0 Å². The summed E-state index contributed by atoms with van der Waals surface area (Å²) in [7, 11) is 0. The van der Waals surface area contributed by atoms with Crippen LogP contribution in [0.1, 0.15) is 20.9 Å². The summed E-state index contributed by atoms with van der Waals surface area (Å²) >= 11 is 1.26. The van der Waals surface area contributed by atoms with E-state index in [1.54, 1.807) is 13.0 Å². The van der Waals surface area contributed by atoms with E-state index in [0.717, 1.165) is 5.56 Å². The molecule has 2 rings (SSSR count). The minimum atomic E-state index is -1.06. The van der Waals surface area contributed by atoms with E-state index in [0.29, 0.717) is 15.4 Å². The third-order valence-corrected chi connectivity index (χ3v) is 3.43. The van der Waals surface area contributed by atoms with E-state index in [-0.39, 0.29) is 11.5 Å². The molecule has 88 valence electrons. The van der Waals surface area contributed by atoms with Crippen molar-refractivity contribution in [2.45, 2.75) is 13.8 Å². The van der Waals surface area contributed by atoms with Crippen LogP contribution in [0.15, 0.2) is 18.2 Å². The number of aromatic nitrogens is 1. The summed E-state index contributed by atoms with van der Waals surface area (Å²) in [4.78, 5) is 15.5. The van der Waals surface area contributed by atoms with Gasteiger partial charge in [-0.05, 0) is 31.5 Å². The van der Waals surface area contributed by atoms with Crippen molar-refractivity contribution in [2.75, 3.05) is 0 Å². The molecule has 0 bridgehead atoms. The molecule has 0 aliphatic carbocycles. The number of rotatable bonds is 2. The van der Waals surface area contributed by atoms with Crippen LogP contribution in [0.4, 0.5) is 4.39 Å². The van der Waals surface area contributed by atoms with Crippen LogP contribution in [0.3, 0.4) is 0 Å². The molecule has 0 radical (unpaired) electrons. The van der Waals surface area contributed by atoms with Crippen LogP contribution >= 0.6 is 11.3 Å². The van der Waals surface area contributed by atoms with E-state index in [9.17, 15) is 9.18 Å². The van der Waals surface area contributed by atoms with Crippen molar-refractivity contribution in [1.82, 2.24) is 4.98 Å². The van der Waals surface area contributed by atoms with E-state index < -0.39 is 5.97 Å². The van der Waals surface area contributed by atoms with Crippen molar-refractivity contribution in [3.63, 3.8) is 0 Å². The molecule has 1 heterocycles. The maximum absolute atomic E-state index is 13.2. The zero-order valence-corrected chi connectivity index (χ0v) is 10.1. The molecule has 1 aromatic carbocycles. The average molecular weight is 251 g/mol. The van der Waals surface area contributed by atoms with Crippen LogP contribution < -0.4 is 0 Å². The van der Waals surface area contributed by atoms with Gasteiger partial charge in [0.05, 0.1) is 0 Å². The molecule has 5 heteroatoms. The summed E-state index contributed by atoms with van der Waals surface area (Å²) in [5, 5.41) is 9.46. The lowest BCUT2D eigenvalue weighted by Crippen LogP contribution is -1.98. The zero-order chi connectivity index (χ0) is 12.6. The first-order valence-electron chi connectivity index (χ1n) is 4.96. The van der Waals surface area contributed by atoms with Crippen LogP contribution in [0.5, 0.6) is 0 Å². The summed E-state index contributed by atoms with van der Waals surface area (Å²) in [5.41, 5.74) is 1.55. The molecule has 0 unspecified atom stereocenters. The average Bonchev–Trinajstić information content (AvgIpc) is 2.64. The number of nitrogens with zero attached hydrogens (tertiary/aromatic N) is 1. The van der Waals surface area contributed by atoms with Crippen molar-refractivity contribution < 1.29 is 14.3 Å². The molecule has 1 aromatic heterocycles. The third kappa shape index (κ3) is 2.19. The molecule has 3 nitrogen and oxygen atoms in total. The molecule has 0 aliphatic heterocycles. The number of carboxylic acid groups (broad SMARTS) is 1. The fourth-order valence-corrected chi connectivity index (χ4v) is 2.52. The van der Waals surface area contributed by atoms with Gasteiger partial charge in [0.1, 0.15) is 10.8 Å². The molecule has 0 amide bonds. The highest BCUT2D eigenvalue weighted by Gasteiger charge is 2.16. The Hall–Kier alpha value is -1.75. The topological polar surface area (TPSA) is 50.2 Å². The van der Waals surface area contributed by atoms with Crippen molar-refractivity contribution >= 4 is 17.3 Å². The number of hydrogen-bond acceptors (Lipinski definition) is 3. The molecule has 0 saturated carbocycles. The van der Waals surface area contributed by atoms with Gasteiger partial charge in [-0.2, -0.15) is 0 Å². The van der Waals surface area contributed by atoms with Gasteiger partial charge in [0.25, 0.3) is 0 Å². The molecule has 0 atom stereocenters. The standard InChI is InChI=1S/C12H10FNO2S/c1-6-3-4-8(13)5-9(6)11-14-10(12(15)16)7(2)17-11/h3-5H,1-2H3,(H,15,16). The first-order chi connectivity index (χ1) is 7.99. The number of benzene rings is 1. The molecular weight excluding hydrogens is 241 g/mol. The lowest BCUT2D eigenvalue weighted by atomic mass is 10.1. The summed E-state index contributed by atoms with van der Waals surface area (Å²) in [6, 6.07) is 4.40. The van der Waals surface area contributed by atoms with Gasteiger partial charge in [-0.15, -0.1) is 11.3 Å². The Morgan fingerprint density at radius 1 is 1.41 bits per heavy atom. The van der Waals surface area contributed by atoms with Crippen molar-refractivity contribution in [1.29, 1.82) is 0 Å². The van der Waals surface area contributed by atoms with E-state index >= 15 is 0 Å². The van der Waals surface area contributed by atoms with Gasteiger partial charge in [-0.25, -0.2) is 14.2 Å². The van der Waals surface area contributed by atoms with Crippen LogP contribution in [-0.4, -0.2) is 16.1 Å². The van der Waals surface area contributed by atoms with E-state index in [1.807, 2.05) is 6.92 Å². The minimum Gasteiger partial charge on any atom is -0.476 e. The number of hydrogen-bond donors (Lipinski definition) is 1. The zero-order valence-electron chi connectivity index (χ0n) is 9.32. The fourth-order valence-electron chi connectivity index (χ4n) is 1.53. The summed E-state index contributed by atoms with van der Waals surface area (Å²) in [5.74, 6) is -1.41. The van der Waals surface area contributed by atoms with E-state index in [4.69, 9.17) is 5.11 Å². The second-order valence-corrected chi connectivity index (χ2v) is 4.89. The largest absolute Gasteiger partial charge is 0.476 e. The quantitative estimate of drug-likeness (QED) is 0.891. The molecule has 0 saturated heterocycles. The Kier molecular flexibility index (Phi) is 2.93. The molecule has 0 fully saturated rings. The van der Waals surface area contributed by atoms with E-state index in [1.165, 1.54) is 23.5 Å².